The number of aliphatic hydroxyl groups is 3. The van der Waals surface area contributed by atoms with E-state index in [0.717, 1.165) is 5.56 Å². The molecule has 224 valence electrons. The zero-order chi connectivity index (χ0) is 31.6. The van der Waals surface area contributed by atoms with E-state index in [1.807, 2.05) is 30.3 Å². The number of ketones is 2. The van der Waals surface area contributed by atoms with Crippen LogP contribution in [0.2, 0.25) is 0 Å². The number of carbonyl (C=O) groups is 3. The SMILES string of the molecule is CN(C)[C@@H]1C(=O)C(C(N)=O)=C(O)[C@@]2(C#N)C(=O)C3=C(O)c4c(O)cccc4[C@H](CSCc4ccccc4)[C@@]3(N)[C@H](O)[C@@]12N. The highest BCUT2D eigenvalue weighted by Gasteiger charge is 2.79. The Bertz CT molecular complexity index is 1670. The Balaban J connectivity index is 1.82. The summed E-state index contributed by atoms with van der Waals surface area (Å²) >= 11 is 1.40. The standard InChI is InChI=1S/C30H31N5O7S/c1-35(2)23-22(38)19(26(32)41)24(39)28(13-31)25(40)20-21(37)18-15(9-6-10-17(18)36)16(29(20,33)27(42)30(23,28)34)12-43-11-14-7-4-3-5-8-14/h3-10,16,23,27,36-37,39,42H,11-12,33-34H2,1-2H3,(H2,32,41)/t16-,23+,27-,28-,29-,30-/m0/s1. The molecular weight excluding hydrogens is 574 g/mol. The van der Waals surface area contributed by atoms with Crippen molar-refractivity contribution in [3.8, 4) is 11.8 Å². The predicted molar refractivity (Wildman–Crippen MR) is 157 cm³/mol. The summed E-state index contributed by atoms with van der Waals surface area (Å²) in [7, 11) is 2.76. The highest BCUT2D eigenvalue weighted by molar-refractivity contribution is 7.98. The molecule has 12 nitrogen and oxygen atoms in total. The number of nitrogens with two attached hydrogens (primary N) is 3. The number of thioether (sulfide) groups is 1. The Morgan fingerprint density at radius 1 is 1.07 bits per heavy atom. The monoisotopic (exact) mass is 605 g/mol. The minimum Gasteiger partial charge on any atom is -0.509 e. The van der Waals surface area contributed by atoms with Crippen LogP contribution in [0.15, 0.2) is 65.4 Å². The van der Waals surface area contributed by atoms with E-state index in [1.165, 1.54) is 42.9 Å². The van der Waals surface area contributed by atoms with E-state index in [0.29, 0.717) is 11.3 Å². The van der Waals surface area contributed by atoms with Crippen molar-refractivity contribution >= 4 is 35.0 Å². The van der Waals surface area contributed by atoms with E-state index >= 15 is 0 Å². The summed E-state index contributed by atoms with van der Waals surface area (Å²) in [4.78, 5) is 41.9. The van der Waals surface area contributed by atoms with Crippen molar-refractivity contribution in [3.05, 3.63) is 82.1 Å². The van der Waals surface area contributed by atoms with Gasteiger partial charge in [0.05, 0.1) is 34.9 Å². The maximum Gasteiger partial charge on any atom is 0.255 e. The van der Waals surface area contributed by atoms with Crippen molar-refractivity contribution in [1.29, 1.82) is 5.26 Å². The van der Waals surface area contributed by atoms with Crippen LogP contribution in [-0.4, -0.2) is 85.9 Å². The second-order valence-electron chi connectivity index (χ2n) is 11.3. The molecule has 0 bridgehead atoms. The molecule has 1 saturated carbocycles. The van der Waals surface area contributed by atoms with Crippen LogP contribution in [0.4, 0.5) is 0 Å². The van der Waals surface area contributed by atoms with Crippen molar-refractivity contribution in [1.82, 2.24) is 4.90 Å². The first-order valence-electron chi connectivity index (χ1n) is 13.3. The van der Waals surface area contributed by atoms with Crippen molar-refractivity contribution in [2.45, 2.75) is 34.9 Å². The van der Waals surface area contributed by atoms with E-state index in [9.17, 15) is 40.1 Å². The molecule has 1 amide bonds. The van der Waals surface area contributed by atoms with E-state index in [2.05, 4.69) is 0 Å². The van der Waals surface area contributed by atoms with Gasteiger partial charge in [0.25, 0.3) is 5.91 Å². The number of amides is 1. The molecule has 2 aromatic rings. The molecule has 0 unspecified atom stereocenters. The van der Waals surface area contributed by atoms with Gasteiger partial charge in [0, 0.05) is 17.4 Å². The number of hydrogen-bond donors (Lipinski definition) is 7. The third-order valence-electron chi connectivity index (χ3n) is 8.92. The van der Waals surface area contributed by atoms with Crippen LogP contribution in [0.5, 0.6) is 5.75 Å². The normalized spacial score (nSPS) is 31.8. The summed E-state index contributed by atoms with van der Waals surface area (Å²) in [6.45, 7) is 0. The molecular formula is C30H31N5O7S. The van der Waals surface area contributed by atoms with Gasteiger partial charge in [-0.15, -0.1) is 0 Å². The number of primary amides is 1. The van der Waals surface area contributed by atoms with Gasteiger partial charge in [-0.2, -0.15) is 17.0 Å². The van der Waals surface area contributed by atoms with E-state index < -0.39 is 80.4 Å². The minimum absolute atomic E-state index is 0.132. The lowest BCUT2D eigenvalue weighted by Gasteiger charge is -2.62. The lowest BCUT2D eigenvalue weighted by atomic mass is 9.44. The molecule has 10 N–H and O–H groups in total. The van der Waals surface area contributed by atoms with Crippen LogP contribution in [0.1, 0.15) is 22.6 Å². The molecule has 3 aliphatic rings. The number of phenolic OH excluding ortho intramolecular Hbond substituents is 1. The van der Waals surface area contributed by atoms with Crippen LogP contribution < -0.4 is 17.2 Å². The molecule has 1 fully saturated rings. The number of rotatable bonds is 6. The molecule has 0 aliphatic heterocycles. The maximum absolute atomic E-state index is 14.7. The molecule has 0 saturated heterocycles. The number of nitrogens with zero attached hydrogens (tertiary/aromatic N) is 2. The van der Waals surface area contributed by atoms with E-state index in [-0.39, 0.29) is 11.3 Å². The summed E-state index contributed by atoms with van der Waals surface area (Å²) in [5.41, 5.74) is 10.9. The number of benzene rings is 2. The lowest BCUT2D eigenvalue weighted by Crippen LogP contribution is -2.87. The van der Waals surface area contributed by atoms with Gasteiger partial charge < -0.3 is 37.6 Å². The van der Waals surface area contributed by atoms with Crippen LogP contribution in [0.3, 0.4) is 0 Å². The molecule has 5 rings (SSSR count). The third-order valence-corrected chi connectivity index (χ3v) is 10.0. The van der Waals surface area contributed by atoms with E-state index in [4.69, 9.17) is 17.2 Å². The zero-order valence-electron chi connectivity index (χ0n) is 23.3. The number of carbonyl (C=O) groups excluding carboxylic acids is 3. The Labute approximate surface area is 251 Å². The highest BCUT2D eigenvalue weighted by atomic mass is 32.2. The number of aliphatic hydroxyl groups excluding tert-OH is 3. The smallest absolute Gasteiger partial charge is 0.255 e. The molecule has 6 atom stereocenters. The van der Waals surface area contributed by atoms with Crippen LogP contribution >= 0.6 is 11.8 Å². The first-order chi connectivity index (χ1) is 20.2. The van der Waals surface area contributed by atoms with Crippen molar-refractivity contribution < 1.29 is 34.8 Å². The van der Waals surface area contributed by atoms with Gasteiger partial charge in [-0.05, 0) is 31.3 Å². The van der Waals surface area contributed by atoms with Gasteiger partial charge in [-0.1, -0.05) is 42.5 Å². The summed E-state index contributed by atoms with van der Waals surface area (Å²) in [6, 6.07) is 13.8. The Morgan fingerprint density at radius 3 is 2.30 bits per heavy atom. The van der Waals surface area contributed by atoms with Gasteiger partial charge in [-0.25, -0.2) is 0 Å². The van der Waals surface area contributed by atoms with Crippen LogP contribution in [0.25, 0.3) is 5.76 Å². The average Bonchev–Trinajstić information content (AvgIpc) is 2.94. The van der Waals surface area contributed by atoms with Crippen LogP contribution in [0, 0.1) is 16.7 Å². The number of likely N-dealkylation sites (N-methyl/N-ethyl adjacent to an activating group) is 1. The summed E-state index contributed by atoms with van der Waals surface area (Å²) < 4.78 is 0. The molecule has 13 heteroatoms. The molecule has 0 heterocycles. The number of nitriles is 1. The number of hydrogen-bond acceptors (Lipinski definition) is 12. The second-order valence-corrected chi connectivity index (χ2v) is 12.3. The largest absolute Gasteiger partial charge is 0.509 e. The number of Topliss-reactive ketones (excluding diaryl/α,β-unsaturated/α-hetero) is 2. The highest BCUT2D eigenvalue weighted by Crippen LogP contribution is 2.61. The van der Waals surface area contributed by atoms with Gasteiger partial charge in [0.2, 0.25) is 0 Å². The molecule has 3 aliphatic carbocycles. The van der Waals surface area contributed by atoms with Crippen LogP contribution in [-0.2, 0) is 20.1 Å². The molecule has 43 heavy (non-hydrogen) atoms. The van der Waals surface area contributed by atoms with E-state index in [1.54, 1.807) is 12.1 Å². The Kier molecular flexibility index (Phi) is 7.19. The summed E-state index contributed by atoms with van der Waals surface area (Å²) in [6.07, 6.45) is -2.15. The topological polar surface area (TPSA) is 237 Å². The van der Waals surface area contributed by atoms with Crippen molar-refractivity contribution in [2.24, 2.45) is 22.6 Å². The average molecular weight is 606 g/mol. The van der Waals surface area contributed by atoms with Gasteiger partial charge in [-0.3, -0.25) is 19.3 Å². The number of fused-ring (bicyclic) bond motifs is 3. The molecule has 0 spiro atoms. The fourth-order valence-corrected chi connectivity index (χ4v) is 8.24. The third kappa shape index (κ3) is 3.74. The Morgan fingerprint density at radius 2 is 1.72 bits per heavy atom. The quantitative estimate of drug-likeness (QED) is 0.221. The zero-order valence-corrected chi connectivity index (χ0v) is 24.1. The van der Waals surface area contributed by atoms with Gasteiger partial charge in [0.1, 0.15) is 28.4 Å². The van der Waals surface area contributed by atoms with Crippen molar-refractivity contribution in [2.75, 3.05) is 19.8 Å². The fourth-order valence-electron chi connectivity index (χ4n) is 7.01. The number of aromatic hydroxyl groups is 1. The second kappa shape index (κ2) is 10.2. The van der Waals surface area contributed by atoms with Crippen molar-refractivity contribution in [3.63, 3.8) is 0 Å². The summed E-state index contributed by atoms with van der Waals surface area (Å²) in [5.74, 6) is -6.80. The molecule has 0 radical (unpaired) electrons. The molecule has 2 aromatic carbocycles. The first-order valence-corrected chi connectivity index (χ1v) is 14.4. The molecule has 0 aromatic heterocycles. The van der Waals surface area contributed by atoms with Gasteiger partial charge in [0.15, 0.2) is 17.0 Å². The Hall–Kier alpha value is -4.19. The number of phenols is 1. The fraction of sp³-hybridized carbons (Fsp3) is 0.333. The minimum atomic E-state index is -2.98. The van der Waals surface area contributed by atoms with Gasteiger partial charge >= 0.3 is 0 Å². The predicted octanol–water partition coefficient (Wildman–Crippen LogP) is 0.351. The lowest BCUT2D eigenvalue weighted by molar-refractivity contribution is -0.152. The summed E-state index contributed by atoms with van der Waals surface area (Å²) in [5, 5.41) is 56.7. The maximum atomic E-state index is 14.7. The first kappa shape index (κ1) is 30.3.